The van der Waals surface area contributed by atoms with Crippen LogP contribution in [0, 0.1) is 0 Å². The average Bonchev–Trinajstić information content (AvgIpc) is 2.99. The van der Waals surface area contributed by atoms with E-state index < -0.39 is 12.1 Å². The predicted molar refractivity (Wildman–Crippen MR) is 184 cm³/mol. The van der Waals surface area contributed by atoms with E-state index in [0.717, 1.165) is 32.1 Å². The van der Waals surface area contributed by atoms with Crippen molar-refractivity contribution < 1.29 is 15.0 Å². The molecule has 2 atom stereocenters. The van der Waals surface area contributed by atoms with Crippen molar-refractivity contribution in [3.05, 3.63) is 24.3 Å². The number of unbranched alkanes of at least 4 members (excludes halogenated alkanes) is 24. The lowest BCUT2D eigenvalue weighted by molar-refractivity contribution is -0.123. The molecule has 0 bridgehead atoms. The molecule has 4 heteroatoms. The summed E-state index contributed by atoms with van der Waals surface area (Å²) in [5, 5.41) is 22.8. The standard InChI is InChI=1S/C38H73NO3/c1-3-5-7-9-11-13-15-17-18-19-20-22-24-26-28-30-32-34-38(42)39-36(35-40)37(41)33-31-29-27-25-23-21-16-14-12-10-8-6-4-2/h23,25,31,33,36-37,40-41H,3-22,24,26-30,32,34-35H2,1-2H3,(H,39,42)/b25-23+,33-31+. The van der Waals surface area contributed by atoms with Crippen LogP contribution in [0.5, 0.6) is 0 Å². The molecule has 0 radical (unpaired) electrons. The highest BCUT2D eigenvalue weighted by atomic mass is 16.3. The second-order valence-electron chi connectivity index (χ2n) is 12.6. The predicted octanol–water partition coefficient (Wildman–Crippen LogP) is 10.9. The Balaban J connectivity index is 3.62. The molecule has 0 aliphatic rings. The Morgan fingerprint density at radius 3 is 1.38 bits per heavy atom. The van der Waals surface area contributed by atoms with Crippen LogP contribution in [0.25, 0.3) is 0 Å². The van der Waals surface area contributed by atoms with Gasteiger partial charge >= 0.3 is 0 Å². The molecule has 0 spiro atoms. The lowest BCUT2D eigenvalue weighted by atomic mass is 10.0. The first kappa shape index (κ1) is 40.9. The van der Waals surface area contributed by atoms with Crippen molar-refractivity contribution in [2.75, 3.05) is 6.61 Å². The fourth-order valence-corrected chi connectivity index (χ4v) is 5.55. The third kappa shape index (κ3) is 30.3. The van der Waals surface area contributed by atoms with Crippen molar-refractivity contribution in [3.8, 4) is 0 Å². The molecule has 0 aromatic rings. The number of amides is 1. The first-order valence-electron chi connectivity index (χ1n) is 18.6. The highest BCUT2D eigenvalue weighted by Gasteiger charge is 2.17. The van der Waals surface area contributed by atoms with E-state index in [2.05, 4.69) is 31.3 Å². The summed E-state index contributed by atoms with van der Waals surface area (Å²) in [6.45, 7) is 4.28. The van der Waals surface area contributed by atoms with Gasteiger partial charge in [0.1, 0.15) is 0 Å². The Bertz CT molecular complexity index is 603. The first-order chi connectivity index (χ1) is 20.7. The smallest absolute Gasteiger partial charge is 0.220 e. The largest absolute Gasteiger partial charge is 0.394 e. The van der Waals surface area contributed by atoms with E-state index in [1.807, 2.05) is 6.08 Å². The molecule has 0 saturated heterocycles. The molecule has 2 unspecified atom stereocenters. The normalized spacial score (nSPS) is 13.3. The summed E-state index contributed by atoms with van der Waals surface area (Å²) < 4.78 is 0. The Morgan fingerprint density at radius 2 is 0.929 bits per heavy atom. The molecule has 42 heavy (non-hydrogen) atoms. The molecule has 4 nitrogen and oxygen atoms in total. The molecule has 0 aromatic heterocycles. The maximum Gasteiger partial charge on any atom is 0.220 e. The van der Waals surface area contributed by atoms with E-state index in [0.29, 0.717) is 6.42 Å². The number of hydrogen-bond donors (Lipinski definition) is 3. The molecule has 1 amide bonds. The van der Waals surface area contributed by atoms with Crippen molar-refractivity contribution in [1.82, 2.24) is 5.32 Å². The summed E-state index contributed by atoms with van der Waals surface area (Å²) in [5.41, 5.74) is 0. The summed E-state index contributed by atoms with van der Waals surface area (Å²) in [6, 6.07) is -0.632. The molecule has 0 heterocycles. The molecule has 0 aromatic carbocycles. The van der Waals surface area contributed by atoms with Gasteiger partial charge < -0.3 is 15.5 Å². The summed E-state index contributed by atoms with van der Waals surface area (Å²) in [6.07, 6.45) is 42.6. The highest BCUT2D eigenvalue weighted by Crippen LogP contribution is 2.14. The van der Waals surface area contributed by atoms with Crippen molar-refractivity contribution >= 4 is 5.91 Å². The van der Waals surface area contributed by atoms with E-state index in [4.69, 9.17) is 0 Å². The third-order valence-electron chi connectivity index (χ3n) is 8.44. The van der Waals surface area contributed by atoms with Crippen LogP contribution in [0.2, 0.25) is 0 Å². The van der Waals surface area contributed by atoms with Gasteiger partial charge in [-0.25, -0.2) is 0 Å². The van der Waals surface area contributed by atoms with Gasteiger partial charge in [-0.2, -0.15) is 0 Å². The maximum atomic E-state index is 12.3. The average molecular weight is 592 g/mol. The highest BCUT2D eigenvalue weighted by molar-refractivity contribution is 5.76. The second kappa shape index (κ2) is 34.4. The molecule has 0 fully saturated rings. The van der Waals surface area contributed by atoms with Gasteiger partial charge in [-0.15, -0.1) is 0 Å². The SMILES string of the molecule is CCCCCCCCC/C=C/CC/C=C/C(O)C(CO)NC(=O)CCCCCCCCCCCCCCCCCCC. The van der Waals surface area contributed by atoms with Gasteiger partial charge in [0.15, 0.2) is 0 Å². The van der Waals surface area contributed by atoms with Crippen LogP contribution in [-0.4, -0.2) is 34.9 Å². The summed E-state index contributed by atoms with van der Waals surface area (Å²) in [4.78, 5) is 12.3. The minimum Gasteiger partial charge on any atom is -0.394 e. The number of aliphatic hydroxyl groups is 2. The van der Waals surface area contributed by atoms with Gasteiger partial charge in [0, 0.05) is 6.42 Å². The number of carbonyl (C=O) groups excluding carboxylic acids is 1. The quantitative estimate of drug-likeness (QED) is 0.0525. The van der Waals surface area contributed by atoms with E-state index in [-0.39, 0.29) is 12.5 Å². The summed E-state index contributed by atoms with van der Waals surface area (Å²) in [7, 11) is 0. The van der Waals surface area contributed by atoms with E-state index in [1.165, 1.54) is 141 Å². The van der Waals surface area contributed by atoms with E-state index in [1.54, 1.807) is 6.08 Å². The molecule has 0 aliphatic carbocycles. The second-order valence-corrected chi connectivity index (χ2v) is 12.6. The van der Waals surface area contributed by atoms with Crippen LogP contribution >= 0.6 is 0 Å². The fraction of sp³-hybridized carbons (Fsp3) is 0.868. The van der Waals surface area contributed by atoms with Crippen molar-refractivity contribution in [3.63, 3.8) is 0 Å². The number of allylic oxidation sites excluding steroid dienone is 3. The van der Waals surface area contributed by atoms with Crippen LogP contribution in [0.1, 0.15) is 194 Å². The zero-order chi connectivity index (χ0) is 30.8. The zero-order valence-corrected chi connectivity index (χ0v) is 28.3. The molecule has 0 aliphatic heterocycles. The van der Waals surface area contributed by atoms with Crippen LogP contribution in [0.3, 0.4) is 0 Å². The Hall–Kier alpha value is -1.13. The number of aliphatic hydroxyl groups excluding tert-OH is 2. The molecule has 248 valence electrons. The van der Waals surface area contributed by atoms with E-state index >= 15 is 0 Å². The lowest BCUT2D eigenvalue weighted by Crippen LogP contribution is -2.45. The van der Waals surface area contributed by atoms with Crippen LogP contribution in [-0.2, 0) is 4.79 Å². The van der Waals surface area contributed by atoms with Crippen LogP contribution in [0.4, 0.5) is 0 Å². The zero-order valence-electron chi connectivity index (χ0n) is 28.3. The Kier molecular flexibility index (Phi) is 33.4. The molecular weight excluding hydrogens is 518 g/mol. The number of hydrogen-bond acceptors (Lipinski definition) is 3. The van der Waals surface area contributed by atoms with Gasteiger partial charge in [0.05, 0.1) is 18.8 Å². The van der Waals surface area contributed by atoms with E-state index in [9.17, 15) is 15.0 Å². The maximum absolute atomic E-state index is 12.3. The first-order valence-corrected chi connectivity index (χ1v) is 18.6. The Labute approximate surface area is 262 Å². The van der Waals surface area contributed by atoms with Crippen LogP contribution < -0.4 is 5.32 Å². The topological polar surface area (TPSA) is 69.6 Å². The van der Waals surface area contributed by atoms with Crippen molar-refractivity contribution in [1.29, 1.82) is 0 Å². The summed E-state index contributed by atoms with van der Waals surface area (Å²) >= 11 is 0. The molecular formula is C38H73NO3. The van der Waals surface area contributed by atoms with Gasteiger partial charge in [0.25, 0.3) is 0 Å². The number of rotatable bonds is 33. The van der Waals surface area contributed by atoms with Gasteiger partial charge in [-0.05, 0) is 32.1 Å². The third-order valence-corrected chi connectivity index (χ3v) is 8.44. The summed E-state index contributed by atoms with van der Waals surface area (Å²) in [5.74, 6) is -0.0734. The number of carbonyl (C=O) groups is 1. The molecule has 0 saturated carbocycles. The van der Waals surface area contributed by atoms with Gasteiger partial charge in [0.2, 0.25) is 5.91 Å². The van der Waals surface area contributed by atoms with Crippen molar-refractivity contribution in [2.45, 2.75) is 206 Å². The minimum absolute atomic E-state index is 0.0734. The Morgan fingerprint density at radius 1 is 0.548 bits per heavy atom. The lowest BCUT2D eigenvalue weighted by Gasteiger charge is -2.19. The van der Waals surface area contributed by atoms with Gasteiger partial charge in [-0.3, -0.25) is 4.79 Å². The molecule has 0 rings (SSSR count). The molecule has 3 N–H and O–H groups in total. The number of nitrogens with one attached hydrogen (secondary N) is 1. The fourth-order valence-electron chi connectivity index (χ4n) is 5.55. The van der Waals surface area contributed by atoms with Crippen molar-refractivity contribution in [2.24, 2.45) is 0 Å². The monoisotopic (exact) mass is 592 g/mol. The minimum atomic E-state index is -0.855. The van der Waals surface area contributed by atoms with Crippen LogP contribution in [0.15, 0.2) is 24.3 Å². The van der Waals surface area contributed by atoms with Gasteiger partial charge in [-0.1, -0.05) is 179 Å².